The molecule has 16 heavy (non-hydrogen) atoms. The first-order valence-electron chi connectivity index (χ1n) is 5.79. The molecule has 1 aromatic carbocycles. The fourth-order valence-electron chi connectivity index (χ4n) is 1.91. The van der Waals surface area contributed by atoms with Crippen molar-refractivity contribution in [2.24, 2.45) is 0 Å². The maximum absolute atomic E-state index is 12.0. The fourth-order valence-corrected chi connectivity index (χ4v) is 1.91. The van der Waals surface area contributed by atoms with Crippen LogP contribution in [-0.4, -0.2) is 30.8 Å². The third-order valence-corrected chi connectivity index (χ3v) is 2.88. The van der Waals surface area contributed by atoms with Gasteiger partial charge in [-0.15, -0.1) is 0 Å². The van der Waals surface area contributed by atoms with E-state index in [0.717, 1.165) is 12.0 Å². The van der Waals surface area contributed by atoms with Crippen LogP contribution in [0.2, 0.25) is 0 Å². The van der Waals surface area contributed by atoms with E-state index in [9.17, 15) is 4.79 Å². The molecular weight excluding hydrogens is 198 g/mol. The predicted octanol–water partition coefficient (Wildman–Crippen LogP) is 2.45. The van der Waals surface area contributed by atoms with Gasteiger partial charge in [0.15, 0.2) is 5.78 Å². The molecule has 0 saturated heterocycles. The van der Waals surface area contributed by atoms with E-state index in [4.69, 9.17) is 0 Å². The van der Waals surface area contributed by atoms with Crippen LogP contribution >= 0.6 is 0 Å². The molecule has 1 rings (SSSR count). The van der Waals surface area contributed by atoms with Gasteiger partial charge in [-0.25, -0.2) is 0 Å². The van der Waals surface area contributed by atoms with Gasteiger partial charge in [0, 0.05) is 6.42 Å². The second-order valence-electron chi connectivity index (χ2n) is 4.52. The lowest BCUT2D eigenvalue weighted by molar-refractivity contribution is -0.122. The molecule has 1 atom stereocenters. The van der Waals surface area contributed by atoms with Gasteiger partial charge in [0.1, 0.15) is 0 Å². The Hall–Kier alpha value is -1.15. The number of hydrogen-bond donors (Lipinski definition) is 0. The summed E-state index contributed by atoms with van der Waals surface area (Å²) >= 11 is 0. The largest absolute Gasteiger partial charge is 0.300 e. The highest BCUT2D eigenvalue weighted by Crippen LogP contribution is 2.09. The second kappa shape index (κ2) is 5.80. The Balaban J connectivity index is 2.66. The molecule has 0 aromatic heterocycles. The number of hydrogen-bond acceptors (Lipinski definition) is 2. The standard InChI is InChI=1S/C14H21NO/c1-5-13(15(3)4)14(16)10-12-8-6-11(2)7-9-12/h6-9,13H,5,10H2,1-4H3. The zero-order valence-electron chi connectivity index (χ0n) is 10.7. The first-order valence-corrected chi connectivity index (χ1v) is 5.79. The fraction of sp³-hybridized carbons (Fsp3) is 0.500. The van der Waals surface area contributed by atoms with Crippen LogP contribution in [0, 0.1) is 6.92 Å². The van der Waals surface area contributed by atoms with E-state index in [1.807, 2.05) is 31.1 Å². The Labute approximate surface area is 98.3 Å². The van der Waals surface area contributed by atoms with Gasteiger partial charge in [-0.1, -0.05) is 36.8 Å². The molecule has 1 aromatic rings. The number of carbonyl (C=O) groups is 1. The number of benzene rings is 1. The molecule has 88 valence electrons. The Morgan fingerprint density at radius 1 is 1.25 bits per heavy atom. The quantitative estimate of drug-likeness (QED) is 0.758. The summed E-state index contributed by atoms with van der Waals surface area (Å²) in [6.07, 6.45) is 1.41. The molecule has 0 saturated carbocycles. The van der Waals surface area contributed by atoms with E-state index in [2.05, 4.69) is 26.0 Å². The molecule has 2 nitrogen and oxygen atoms in total. The van der Waals surface area contributed by atoms with Crippen molar-refractivity contribution in [2.45, 2.75) is 32.7 Å². The van der Waals surface area contributed by atoms with Crippen molar-refractivity contribution >= 4 is 5.78 Å². The lowest BCUT2D eigenvalue weighted by Crippen LogP contribution is -2.36. The van der Waals surface area contributed by atoms with Crippen molar-refractivity contribution in [2.75, 3.05) is 14.1 Å². The summed E-state index contributed by atoms with van der Waals surface area (Å²) in [6.45, 7) is 4.11. The van der Waals surface area contributed by atoms with Crippen molar-refractivity contribution in [1.29, 1.82) is 0 Å². The zero-order chi connectivity index (χ0) is 12.1. The van der Waals surface area contributed by atoms with Crippen molar-refractivity contribution in [3.8, 4) is 0 Å². The average Bonchev–Trinajstić information content (AvgIpc) is 2.22. The Morgan fingerprint density at radius 2 is 1.81 bits per heavy atom. The number of aryl methyl sites for hydroxylation is 1. The summed E-state index contributed by atoms with van der Waals surface area (Å²) in [5, 5.41) is 0. The average molecular weight is 219 g/mol. The van der Waals surface area contributed by atoms with Crippen LogP contribution in [0.4, 0.5) is 0 Å². The van der Waals surface area contributed by atoms with Crippen LogP contribution in [0.25, 0.3) is 0 Å². The van der Waals surface area contributed by atoms with Crippen LogP contribution in [-0.2, 0) is 11.2 Å². The Kier molecular flexibility index (Phi) is 4.69. The van der Waals surface area contributed by atoms with E-state index < -0.39 is 0 Å². The van der Waals surface area contributed by atoms with E-state index >= 15 is 0 Å². The number of ketones is 1. The Morgan fingerprint density at radius 3 is 2.25 bits per heavy atom. The van der Waals surface area contributed by atoms with E-state index in [1.54, 1.807) is 0 Å². The summed E-state index contributed by atoms with van der Waals surface area (Å²) in [5.74, 6) is 0.302. The molecule has 0 bridgehead atoms. The van der Waals surface area contributed by atoms with Gasteiger partial charge in [0.05, 0.1) is 6.04 Å². The molecule has 2 heteroatoms. The highest BCUT2D eigenvalue weighted by molar-refractivity contribution is 5.86. The van der Waals surface area contributed by atoms with Crippen molar-refractivity contribution < 1.29 is 4.79 Å². The van der Waals surface area contributed by atoms with Crippen molar-refractivity contribution in [1.82, 2.24) is 4.90 Å². The summed E-state index contributed by atoms with van der Waals surface area (Å²) in [6, 6.07) is 8.23. The van der Waals surface area contributed by atoms with Gasteiger partial charge in [-0.3, -0.25) is 9.69 Å². The minimum absolute atomic E-state index is 0.0429. The number of rotatable bonds is 5. The highest BCUT2D eigenvalue weighted by atomic mass is 16.1. The SMILES string of the molecule is CCC(C(=O)Cc1ccc(C)cc1)N(C)C. The topological polar surface area (TPSA) is 20.3 Å². The maximum Gasteiger partial charge on any atom is 0.154 e. The monoisotopic (exact) mass is 219 g/mol. The molecule has 0 fully saturated rings. The van der Waals surface area contributed by atoms with E-state index in [0.29, 0.717) is 12.2 Å². The highest BCUT2D eigenvalue weighted by Gasteiger charge is 2.18. The van der Waals surface area contributed by atoms with Crippen LogP contribution in [0.3, 0.4) is 0 Å². The molecule has 1 unspecified atom stereocenters. The first-order chi connectivity index (χ1) is 7.54. The minimum Gasteiger partial charge on any atom is -0.300 e. The first kappa shape index (κ1) is 12.9. The molecule has 0 heterocycles. The third kappa shape index (κ3) is 3.46. The molecule has 0 N–H and O–H groups in total. The van der Waals surface area contributed by atoms with Crippen LogP contribution in [0.15, 0.2) is 24.3 Å². The number of likely N-dealkylation sites (N-methyl/N-ethyl adjacent to an activating group) is 1. The normalized spacial score (nSPS) is 12.8. The summed E-state index contributed by atoms with van der Waals surface area (Å²) in [4.78, 5) is 14.0. The molecule has 0 radical (unpaired) electrons. The zero-order valence-corrected chi connectivity index (χ0v) is 10.7. The molecule has 0 amide bonds. The van der Waals surface area contributed by atoms with Crippen molar-refractivity contribution in [3.05, 3.63) is 35.4 Å². The van der Waals surface area contributed by atoms with E-state index in [-0.39, 0.29) is 6.04 Å². The molecule has 0 spiro atoms. The van der Waals surface area contributed by atoms with Crippen LogP contribution < -0.4 is 0 Å². The van der Waals surface area contributed by atoms with Gasteiger partial charge in [-0.2, -0.15) is 0 Å². The van der Waals surface area contributed by atoms with Gasteiger partial charge < -0.3 is 0 Å². The summed E-state index contributed by atoms with van der Waals surface area (Å²) < 4.78 is 0. The number of carbonyl (C=O) groups excluding carboxylic acids is 1. The van der Waals surface area contributed by atoms with Gasteiger partial charge in [0.2, 0.25) is 0 Å². The number of Topliss-reactive ketones (excluding diaryl/α,β-unsaturated/α-hetero) is 1. The molecule has 0 aliphatic heterocycles. The van der Waals surface area contributed by atoms with E-state index in [1.165, 1.54) is 5.56 Å². The van der Waals surface area contributed by atoms with Gasteiger partial charge in [-0.05, 0) is 33.0 Å². The smallest absolute Gasteiger partial charge is 0.154 e. The maximum atomic E-state index is 12.0. The molecular formula is C14H21NO. The lowest BCUT2D eigenvalue weighted by Gasteiger charge is -2.21. The summed E-state index contributed by atoms with van der Waals surface area (Å²) in [5.41, 5.74) is 2.34. The summed E-state index contributed by atoms with van der Waals surface area (Å²) in [7, 11) is 3.92. The molecule has 0 aliphatic carbocycles. The van der Waals surface area contributed by atoms with Crippen LogP contribution in [0.1, 0.15) is 24.5 Å². The Bertz CT molecular complexity index is 340. The number of nitrogens with zero attached hydrogens (tertiary/aromatic N) is 1. The van der Waals surface area contributed by atoms with Gasteiger partial charge >= 0.3 is 0 Å². The second-order valence-corrected chi connectivity index (χ2v) is 4.52. The van der Waals surface area contributed by atoms with Gasteiger partial charge in [0.25, 0.3) is 0 Å². The van der Waals surface area contributed by atoms with Crippen molar-refractivity contribution in [3.63, 3.8) is 0 Å². The minimum atomic E-state index is 0.0429. The lowest BCUT2D eigenvalue weighted by atomic mass is 10.0. The molecule has 0 aliphatic rings. The predicted molar refractivity (Wildman–Crippen MR) is 67.7 cm³/mol. The van der Waals surface area contributed by atoms with Crippen LogP contribution in [0.5, 0.6) is 0 Å². The third-order valence-electron chi connectivity index (χ3n) is 2.88.